The van der Waals surface area contributed by atoms with Gasteiger partial charge in [-0.05, 0) is 62.0 Å². The molecule has 1 fully saturated rings. The second-order valence-corrected chi connectivity index (χ2v) is 10.8. The van der Waals surface area contributed by atoms with Crippen LogP contribution >= 0.6 is 0 Å². The first-order valence-corrected chi connectivity index (χ1v) is 14.9. The summed E-state index contributed by atoms with van der Waals surface area (Å²) in [6.07, 6.45) is 19.4. The van der Waals surface area contributed by atoms with Crippen LogP contribution in [0.4, 0.5) is 4.39 Å². The number of benzene rings is 1. The van der Waals surface area contributed by atoms with Gasteiger partial charge in [-0.15, -0.1) is 0 Å². The van der Waals surface area contributed by atoms with E-state index in [1.165, 1.54) is 62.5 Å². The maximum atomic E-state index is 13.9. The molecule has 4 nitrogen and oxygen atoms in total. The molecule has 2 aromatic rings. The topological polar surface area (TPSA) is 52.1 Å². The van der Waals surface area contributed by atoms with E-state index in [0.29, 0.717) is 12.3 Å². The molecule has 0 unspecified atom stereocenters. The van der Waals surface area contributed by atoms with Crippen molar-refractivity contribution in [2.24, 2.45) is 0 Å². The molecule has 3 rings (SSSR count). The van der Waals surface area contributed by atoms with E-state index in [0.717, 1.165) is 49.9 Å². The molecular formula is C32H47FN2O2. The molecule has 0 bridgehead atoms. The van der Waals surface area contributed by atoms with Crippen LogP contribution in [0.1, 0.15) is 127 Å². The molecule has 0 aliphatic heterocycles. The van der Waals surface area contributed by atoms with Crippen molar-refractivity contribution in [3.63, 3.8) is 0 Å². The monoisotopic (exact) mass is 510 g/mol. The highest BCUT2D eigenvalue weighted by Crippen LogP contribution is 2.35. The summed E-state index contributed by atoms with van der Waals surface area (Å²) in [6.45, 7) is 4.26. The van der Waals surface area contributed by atoms with Gasteiger partial charge in [0.1, 0.15) is 6.10 Å². The van der Waals surface area contributed by atoms with Crippen LogP contribution in [0.3, 0.4) is 0 Å². The highest BCUT2D eigenvalue weighted by Gasteiger charge is 2.27. The maximum Gasteiger partial charge on any atom is 0.340 e. The fourth-order valence-corrected chi connectivity index (χ4v) is 5.25. The molecular weight excluding hydrogens is 463 g/mol. The van der Waals surface area contributed by atoms with E-state index in [2.05, 4.69) is 41.2 Å². The molecule has 0 N–H and O–H groups in total. The molecule has 1 atom stereocenters. The highest BCUT2D eigenvalue weighted by molar-refractivity contribution is 5.74. The highest BCUT2D eigenvalue weighted by atomic mass is 19.1. The largest absolute Gasteiger partial charge is 0.460 e. The van der Waals surface area contributed by atoms with E-state index >= 15 is 0 Å². The number of carbonyl (C=O) groups is 1. The minimum Gasteiger partial charge on any atom is -0.460 e. The number of hydrogen-bond donors (Lipinski definition) is 0. The molecule has 1 aliphatic carbocycles. The third kappa shape index (κ3) is 10.2. The Hall–Kier alpha value is -2.30. The van der Waals surface area contributed by atoms with E-state index in [4.69, 9.17) is 4.74 Å². The standard InChI is InChI=1S/C32H47FN2O2/c1-3-5-7-8-9-10-11-12-13-25-23-34-31(35-24-25)28-17-15-26(16-18-28)27-19-21-29(22-20-27)37-32(36)30(33)14-6-4-2/h15-18,23-24,27,29-30H,3-14,19-22H2,1-2H3/t27?,29?,30-/m0/s1. The lowest BCUT2D eigenvalue weighted by molar-refractivity contribution is -0.157. The molecule has 1 saturated carbocycles. The maximum absolute atomic E-state index is 13.9. The average Bonchev–Trinajstić information content (AvgIpc) is 2.94. The van der Waals surface area contributed by atoms with Gasteiger partial charge < -0.3 is 4.74 Å². The molecule has 0 saturated heterocycles. The minimum atomic E-state index is -1.48. The fraction of sp³-hybridized carbons (Fsp3) is 0.656. The molecule has 1 aromatic heterocycles. The van der Waals surface area contributed by atoms with Crippen molar-refractivity contribution in [3.05, 3.63) is 47.8 Å². The Morgan fingerprint density at radius 1 is 0.865 bits per heavy atom. The van der Waals surface area contributed by atoms with Crippen LogP contribution in [0.25, 0.3) is 11.4 Å². The van der Waals surface area contributed by atoms with E-state index in [-0.39, 0.29) is 12.5 Å². The molecule has 204 valence electrons. The number of hydrogen-bond acceptors (Lipinski definition) is 4. The summed E-state index contributed by atoms with van der Waals surface area (Å²) in [4.78, 5) is 21.2. The Bertz CT molecular complexity index is 892. The number of esters is 1. The molecule has 1 aromatic carbocycles. The summed E-state index contributed by atoms with van der Waals surface area (Å²) >= 11 is 0. The van der Waals surface area contributed by atoms with Crippen molar-refractivity contribution in [2.45, 2.75) is 135 Å². The van der Waals surface area contributed by atoms with Gasteiger partial charge in [-0.25, -0.2) is 19.2 Å². The van der Waals surface area contributed by atoms with Gasteiger partial charge >= 0.3 is 5.97 Å². The van der Waals surface area contributed by atoms with Gasteiger partial charge in [0.25, 0.3) is 0 Å². The molecule has 1 heterocycles. The summed E-state index contributed by atoms with van der Waals surface area (Å²) in [5.74, 6) is 0.538. The van der Waals surface area contributed by atoms with Gasteiger partial charge in [0.15, 0.2) is 12.0 Å². The lowest BCUT2D eigenvalue weighted by Crippen LogP contribution is -2.28. The SMILES string of the molecule is CCCCCCCCCCc1cnc(-c2ccc(C3CCC(OC(=O)[C@@H](F)CCCC)CC3)cc2)nc1. The lowest BCUT2D eigenvalue weighted by Gasteiger charge is -2.29. The summed E-state index contributed by atoms with van der Waals surface area (Å²) in [5, 5.41) is 0. The number of unbranched alkanes of at least 4 members (excludes halogenated alkanes) is 8. The Morgan fingerprint density at radius 3 is 2.08 bits per heavy atom. The van der Waals surface area contributed by atoms with Crippen molar-refractivity contribution in [1.82, 2.24) is 9.97 Å². The molecule has 37 heavy (non-hydrogen) atoms. The number of nitrogens with zero attached hydrogens (tertiary/aromatic N) is 2. The number of ether oxygens (including phenoxy) is 1. The van der Waals surface area contributed by atoms with Crippen molar-refractivity contribution in [1.29, 1.82) is 0 Å². The predicted molar refractivity (Wildman–Crippen MR) is 149 cm³/mol. The van der Waals surface area contributed by atoms with Crippen LogP contribution in [-0.4, -0.2) is 28.2 Å². The third-order valence-corrected chi connectivity index (χ3v) is 7.69. The molecule has 0 amide bonds. The van der Waals surface area contributed by atoms with Gasteiger partial charge in [0, 0.05) is 18.0 Å². The zero-order chi connectivity index (χ0) is 26.3. The number of alkyl halides is 1. The van der Waals surface area contributed by atoms with Gasteiger partial charge in [-0.2, -0.15) is 0 Å². The van der Waals surface area contributed by atoms with Crippen LogP contribution in [-0.2, 0) is 16.0 Å². The summed E-state index contributed by atoms with van der Waals surface area (Å²) < 4.78 is 19.4. The first kappa shape index (κ1) is 29.3. The van der Waals surface area contributed by atoms with Crippen molar-refractivity contribution in [2.75, 3.05) is 0 Å². The van der Waals surface area contributed by atoms with E-state index < -0.39 is 12.1 Å². The zero-order valence-corrected chi connectivity index (χ0v) is 23.1. The zero-order valence-electron chi connectivity index (χ0n) is 23.1. The first-order chi connectivity index (χ1) is 18.1. The van der Waals surface area contributed by atoms with E-state index in [9.17, 15) is 9.18 Å². The second kappa shape index (κ2) is 16.5. The van der Waals surface area contributed by atoms with Crippen LogP contribution in [0, 0.1) is 0 Å². The Kier molecular flexibility index (Phi) is 13.1. The Labute approximate surface area is 223 Å². The van der Waals surface area contributed by atoms with Crippen LogP contribution in [0.5, 0.6) is 0 Å². The first-order valence-electron chi connectivity index (χ1n) is 14.9. The number of aromatic nitrogens is 2. The second-order valence-electron chi connectivity index (χ2n) is 10.8. The van der Waals surface area contributed by atoms with Crippen molar-refractivity contribution < 1.29 is 13.9 Å². The summed E-state index contributed by atoms with van der Waals surface area (Å²) in [5.41, 5.74) is 3.55. The van der Waals surface area contributed by atoms with Gasteiger partial charge in [-0.1, -0.05) is 95.9 Å². The van der Waals surface area contributed by atoms with E-state index in [1.54, 1.807) is 0 Å². The van der Waals surface area contributed by atoms with E-state index in [1.807, 2.05) is 19.3 Å². The summed E-state index contributed by atoms with van der Waals surface area (Å²) in [6, 6.07) is 8.56. The molecule has 1 aliphatic rings. The number of halogens is 1. The van der Waals surface area contributed by atoms with Crippen LogP contribution in [0.2, 0.25) is 0 Å². The number of aryl methyl sites for hydroxylation is 1. The van der Waals surface area contributed by atoms with Gasteiger partial charge in [-0.3, -0.25) is 0 Å². The molecule has 0 spiro atoms. The minimum absolute atomic E-state index is 0.152. The Morgan fingerprint density at radius 2 is 1.46 bits per heavy atom. The third-order valence-electron chi connectivity index (χ3n) is 7.69. The predicted octanol–water partition coefficient (Wildman–Crippen LogP) is 8.92. The van der Waals surface area contributed by atoms with Crippen LogP contribution in [0.15, 0.2) is 36.7 Å². The fourth-order valence-electron chi connectivity index (χ4n) is 5.25. The summed E-state index contributed by atoms with van der Waals surface area (Å²) in [7, 11) is 0. The van der Waals surface area contributed by atoms with Crippen molar-refractivity contribution in [3.8, 4) is 11.4 Å². The normalized spacial score (nSPS) is 18.5. The van der Waals surface area contributed by atoms with Crippen LogP contribution < -0.4 is 0 Å². The quantitative estimate of drug-likeness (QED) is 0.167. The average molecular weight is 511 g/mol. The molecule has 0 radical (unpaired) electrons. The number of carbonyl (C=O) groups excluding carboxylic acids is 1. The smallest absolute Gasteiger partial charge is 0.340 e. The van der Waals surface area contributed by atoms with Gasteiger partial charge in [0.2, 0.25) is 0 Å². The Balaban J connectivity index is 1.38. The number of rotatable bonds is 16. The molecule has 5 heteroatoms. The van der Waals surface area contributed by atoms with Crippen molar-refractivity contribution >= 4 is 5.97 Å². The van der Waals surface area contributed by atoms with Gasteiger partial charge in [0.05, 0.1) is 0 Å². The lowest BCUT2D eigenvalue weighted by atomic mass is 9.82.